The number of thiophene rings is 1. The van der Waals surface area contributed by atoms with Gasteiger partial charge in [-0.2, -0.15) is 0 Å². The highest BCUT2D eigenvalue weighted by Gasteiger charge is 2.32. The zero-order chi connectivity index (χ0) is 15.2. The largest absolute Gasteiger partial charge is 0.478 e. The van der Waals surface area contributed by atoms with E-state index in [1.54, 1.807) is 11.3 Å². The molecule has 0 atom stereocenters. The lowest BCUT2D eigenvalue weighted by Crippen LogP contribution is -2.22. The molecule has 0 radical (unpaired) electrons. The molecule has 1 aliphatic carbocycles. The van der Waals surface area contributed by atoms with E-state index in [-0.39, 0.29) is 5.41 Å². The van der Waals surface area contributed by atoms with Crippen LogP contribution in [0.5, 0.6) is 0 Å². The van der Waals surface area contributed by atoms with E-state index in [0.717, 1.165) is 40.2 Å². The zero-order valence-electron chi connectivity index (χ0n) is 12.1. The summed E-state index contributed by atoms with van der Waals surface area (Å²) in [6, 6.07) is 7.73. The fraction of sp³-hybridized carbons (Fsp3) is 0.353. The van der Waals surface area contributed by atoms with Crippen LogP contribution in [0.25, 0.3) is 10.4 Å². The Kier molecular flexibility index (Phi) is 3.62. The fourth-order valence-corrected chi connectivity index (χ4v) is 4.43. The molecule has 2 nitrogen and oxygen atoms in total. The van der Waals surface area contributed by atoms with E-state index in [1.165, 1.54) is 4.88 Å². The minimum absolute atomic E-state index is 0.185. The Bertz CT molecular complexity index is 696. The van der Waals surface area contributed by atoms with Crippen LogP contribution in [0.4, 0.5) is 0 Å². The summed E-state index contributed by atoms with van der Waals surface area (Å²) < 4.78 is 0. The lowest BCUT2D eigenvalue weighted by molar-refractivity contribution is 0.0696. The highest BCUT2D eigenvalue weighted by Crippen LogP contribution is 2.45. The maximum absolute atomic E-state index is 11.8. The zero-order valence-corrected chi connectivity index (χ0v) is 13.9. The van der Waals surface area contributed by atoms with Gasteiger partial charge in [0.2, 0.25) is 0 Å². The second-order valence-corrected chi connectivity index (χ2v) is 8.02. The summed E-state index contributed by atoms with van der Waals surface area (Å²) in [5.74, 6) is -0.810. The number of fused-ring (bicyclic) bond motifs is 1. The molecule has 3 rings (SSSR count). The van der Waals surface area contributed by atoms with Crippen molar-refractivity contribution >= 4 is 29.9 Å². The molecule has 1 aromatic heterocycles. The summed E-state index contributed by atoms with van der Waals surface area (Å²) in [4.78, 5) is 14.8. The predicted molar refractivity (Wildman–Crippen MR) is 89.8 cm³/mol. The summed E-state index contributed by atoms with van der Waals surface area (Å²) in [7, 11) is 0. The number of carboxylic acids is 1. The van der Waals surface area contributed by atoms with Crippen molar-refractivity contribution in [3.63, 3.8) is 0 Å². The maximum Gasteiger partial charge on any atom is 0.337 e. The third kappa shape index (κ3) is 2.74. The van der Waals surface area contributed by atoms with Crippen LogP contribution in [0.15, 0.2) is 29.2 Å². The topological polar surface area (TPSA) is 37.3 Å². The van der Waals surface area contributed by atoms with E-state index >= 15 is 0 Å². The summed E-state index contributed by atoms with van der Waals surface area (Å²) in [6.07, 6.45) is 2.96. The molecule has 1 aromatic carbocycles. The van der Waals surface area contributed by atoms with E-state index in [4.69, 9.17) is 0 Å². The summed E-state index contributed by atoms with van der Waals surface area (Å²) in [5.41, 5.74) is 2.72. The van der Waals surface area contributed by atoms with Gasteiger partial charge in [-0.1, -0.05) is 26.0 Å². The molecule has 0 amide bonds. The van der Waals surface area contributed by atoms with Gasteiger partial charge in [-0.15, -0.1) is 24.0 Å². The van der Waals surface area contributed by atoms with E-state index in [0.29, 0.717) is 5.56 Å². The second kappa shape index (κ2) is 5.18. The van der Waals surface area contributed by atoms with E-state index in [9.17, 15) is 9.90 Å². The molecule has 2 aromatic rings. The van der Waals surface area contributed by atoms with Gasteiger partial charge < -0.3 is 5.11 Å². The molecule has 0 aliphatic heterocycles. The molecule has 4 heteroatoms. The number of benzene rings is 1. The molecule has 1 N–H and O–H groups in total. The third-order valence-corrected chi connectivity index (χ3v) is 5.76. The van der Waals surface area contributed by atoms with Gasteiger partial charge in [0.15, 0.2) is 0 Å². The number of carbonyl (C=O) groups is 1. The van der Waals surface area contributed by atoms with Crippen LogP contribution in [-0.4, -0.2) is 11.1 Å². The molecule has 0 fully saturated rings. The first-order chi connectivity index (χ1) is 9.87. The summed E-state index contributed by atoms with van der Waals surface area (Å²) in [5, 5.41) is 9.69. The van der Waals surface area contributed by atoms with Crippen molar-refractivity contribution in [2.24, 2.45) is 5.41 Å². The number of hydrogen-bond acceptors (Lipinski definition) is 3. The standard InChI is InChI=1S/C17H18O2S2/c1-17(2)8-7-13-12(9-17)14(16(18)19)15(21-13)10-3-5-11(20)6-4-10/h3-6,20H,7-9H2,1-2H3,(H,18,19). The summed E-state index contributed by atoms with van der Waals surface area (Å²) >= 11 is 5.94. The first-order valence-corrected chi connectivity index (χ1v) is 8.31. The maximum atomic E-state index is 11.8. The first kappa shape index (κ1) is 14.7. The van der Waals surface area contributed by atoms with Crippen LogP contribution in [0.3, 0.4) is 0 Å². The number of aromatic carboxylic acids is 1. The average Bonchev–Trinajstić information content (AvgIpc) is 2.76. The van der Waals surface area contributed by atoms with E-state index in [1.807, 2.05) is 24.3 Å². The quantitative estimate of drug-likeness (QED) is 0.771. The number of hydrogen-bond donors (Lipinski definition) is 2. The predicted octanol–water partition coefficient (Wildman–Crippen LogP) is 4.92. The minimum Gasteiger partial charge on any atom is -0.478 e. The Morgan fingerprint density at radius 2 is 1.95 bits per heavy atom. The van der Waals surface area contributed by atoms with Crippen molar-refractivity contribution in [2.75, 3.05) is 0 Å². The SMILES string of the molecule is CC1(C)CCc2sc(-c3ccc(S)cc3)c(C(=O)O)c2C1. The molecule has 0 spiro atoms. The van der Waals surface area contributed by atoms with Gasteiger partial charge >= 0.3 is 5.97 Å². The molecule has 110 valence electrons. The van der Waals surface area contributed by atoms with Crippen molar-refractivity contribution < 1.29 is 9.90 Å². The van der Waals surface area contributed by atoms with E-state index < -0.39 is 5.97 Å². The molecule has 0 unspecified atom stereocenters. The second-order valence-electron chi connectivity index (χ2n) is 6.40. The van der Waals surface area contributed by atoms with Crippen LogP contribution in [-0.2, 0) is 12.8 Å². The third-order valence-electron chi connectivity index (χ3n) is 4.12. The van der Waals surface area contributed by atoms with Crippen molar-refractivity contribution in [1.82, 2.24) is 0 Å². The van der Waals surface area contributed by atoms with Crippen LogP contribution in [0.1, 0.15) is 41.1 Å². The van der Waals surface area contributed by atoms with Crippen molar-refractivity contribution in [3.05, 3.63) is 40.3 Å². The highest BCUT2D eigenvalue weighted by atomic mass is 32.1. The Morgan fingerprint density at radius 3 is 2.57 bits per heavy atom. The van der Waals surface area contributed by atoms with Crippen molar-refractivity contribution in [1.29, 1.82) is 0 Å². The van der Waals surface area contributed by atoms with Gasteiger partial charge in [0.25, 0.3) is 0 Å². The lowest BCUT2D eigenvalue weighted by atomic mass is 9.76. The Morgan fingerprint density at radius 1 is 1.29 bits per heavy atom. The van der Waals surface area contributed by atoms with Gasteiger partial charge in [-0.3, -0.25) is 0 Å². The van der Waals surface area contributed by atoms with Crippen molar-refractivity contribution in [2.45, 2.75) is 38.0 Å². The molecular formula is C17H18O2S2. The number of aryl methyl sites for hydroxylation is 1. The van der Waals surface area contributed by atoms with Gasteiger partial charge in [0.1, 0.15) is 0 Å². The average molecular weight is 318 g/mol. The van der Waals surface area contributed by atoms with Gasteiger partial charge in [-0.05, 0) is 47.9 Å². The molecular weight excluding hydrogens is 300 g/mol. The highest BCUT2D eigenvalue weighted by molar-refractivity contribution is 7.80. The minimum atomic E-state index is -0.810. The molecule has 0 saturated heterocycles. The number of thiol groups is 1. The molecule has 1 heterocycles. The van der Waals surface area contributed by atoms with Crippen LogP contribution >= 0.6 is 24.0 Å². The molecule has 21 heavy (non-hydrogen) atoms. The normalized spacial score (nSPS) is 16.5. The van der Waals surface area contributed by atoms with Crippen molar-refractivity contribution in [3.8, 4) is 10.4 Å². The Hall–Kier alpha value is -1.26. The van der Waals surface area contributed by atoms with Gasteiger partial charge in [-0.25, -0.2) is 4.79 Å². The van der Waals surface area contributed by atoms with E-state index in [2.05, 4.69) is 26.5 Å². The Labute approximate surface area is 134 Å². The molecule has 0 saturated carbocycles. The Balaban J connectivity index is 2.16. The monoisotopic (exact) mass is 318 g/mol. The van der Waals surface area contributed by atoms with Gasteiger partial charge in [0, 0.05) is 14.6 Å². The number of rotatable bonds is 2. The first-order valence-electron chi connectivity index (χ1n) is 7.05. The van der Waals surface area contributed by atoms with Gasteiger partial charge in [0.05, 0.1) is 5.56 Å². The smallest absolute Gasteiger partial charge is 0.337 e. The fourth-order valence-electron chi connectivity index (χ4n) is 2.96. The van der Waals surface area contributed by atoms with Crippen LogP contribution in [0.2, 0.25) is 0 Å². The lowest BCUT2D eigenvalue weighted by Gasteiger charge is -2.29. The number of carboxylic acid groups (broad SMARTS) is 1. The molecule has 0 bridgehead atoms. The van der Waals surface area contributed by atoms with Crippen LogP contribution in [0, 0.1) is 5.41 Å². The molecule has 1 aliphatic rings. The summed E-state index contributed by atoms with van der Waals surface area (Å²) in [6.45, 7) is 4.43. The van der Waals surface area contributed by atoms with Crippen LogP contribution < -0.4 is 0 Å².